The van der Waals surface area contributed by atoms with Crippen molar-refractivity contribution < 1.29 is 14.3 Å². The second-order valence-corrected chi connectivity index (χ2v) is 3.73. The van der Waals surface area contributed by atoms with E-state index in [1.807, 2.05) is 0 Å². The van der Waals surface area contributed by atoms with Crippen LogP contribution in [-0.2, 0) is 14.3 Å². The largest absolute Gasteiger partial charge is 0.465 e. The molecule has 0 saturated heterocycles. The first-order chi connectivity index (χ1) is 8.15. The summed E-state index contributed by atoms with van der Waals surface area (Å²) in [5, 5.41) is 0. The van der Waals surface area contributed by atoms with Gasteiger partial charge in [0.25, 0.3) is 5.91 Å². The number of carbonyl (C=O) groups is 2. The molecule has 1 aliphatic carbocycles. The first-order valence-electron chi connectivity index (χ1n) is 4.90. The third-order valence-corrected chi connectivity index (χ3v) is 2.63. The average Bonchev–Trinajstić information content (AvgIpc) is 2.36. The van der Waals surface area contributed by atoms with Crippen molar-refractivity contribution in [3.63, 3.8) is 0 Å². The number of amides is 1. The van der Waals surface area contributed by atoms with Crippen LogP contribution >= 0.6 is 11.6 Å². The Balaban J connectivity index is 2.36. The highest BCUT2D eigenvalue weighted by atomic mass is 35.5. The van der Waals surface area contributed by atoms with Gasteiger partial charge in [-0.3, -0.25) is 4.79 Å². The molecular weight excluding hydrogens is 244 g/mol. The number of ether oxygens (including phenoxy) is 1. The average molecular weight is 253 g/mol. The van der Waals surface area contributed by atoms with Crippen LogP contribution in [0.4, 0.5) is 0 Å². The minimum atomic E-state index is -0.518. The molecule has 6 heteroatoms. The molecule has 17 heavy (non-hydrogen) atoms. The number of alkyl halides is 1. The standard InChI is InChI=1S/C11H9ClN2O3/c1-17-11(16)6-2-3-7-8(4-6)13-9(5-12)14-10(7)15/h2-4,7H,5H2,1H3. The molecule has 1 atom stereocenters. The van der Waals surface area contributed by atoms with Gasteiger partial charge in [0.1, 0.15) is 11.8 Å². The molecule has 1 unspecified atom stereocenters. The summed E-state index contributed by atoms with van der Waals surface area (Å²) in [4.78, 5) is 30.8. The Bertz CT molecular complexity index is 503. The topological polar surface area (TPSA) is 68.1 Å². The van der Waals surface area contributed by atoms with Gasteiger partial charge < -0.3 is 4.74 Å². The first-order valence-corrected chi connectivity index (χ1v) is 5.43. The van der Waals surface area contributed by atoms with Crippen LogP contribution in [0.1, 0.15) is 0 Å². The van der Waals surface area contributed by atoms with E-state index in [0.717, 1.165) is 0 Å². The van der Waals surface area contributed by atoms with Gasteiger partial charge in [-0.05, 0) is 6.08 Å². The van der Waals surface area contributed by atoms with Gasteiger partial charge in [-0.25, -0.2) is 9.79 Å². The van der Waals surface area contributed by atoms with E-state index in [9.17, 15) is 9.59 Å². The highest BCUT2D eigenvalue weighted by Gasteiger charge is 2.28. The van der Waals surface area contributed by atoms with Crippen LogP contribution in [0.15, 0.2) is 33.8 Å². The molecule has 0 spiro atoms. The Kier molecular flexibility index (Phi) is 3.19. The molecule has 0 aromatic rings. The van der Waals surface area contributed by atoms with Gasteiger partial charge in [-0.15, -0.1) is 11.6 Å². The lowest BCUT2D eigenvalue weighted by molar-refractivity contribution is -0.135. The summed E-state index contributed by atoms with van der Waals surface area (Å²) in [6.45, 7) is 0. The Labute approximate surface area is 103 Å². The Morgan fingerprint density at radius 3 is 2.94 bits per heavy atom. The fourth-order valence-corrected chi connectivity index (χ4v) is 1.70. The molecule has 1 aliphatic heterocycles. The van der Waals surface area contributed by atoms with E-state index in [1.165, 1.54) is 19.3 Å². The number of esters is 1. The van der Waals surface area contributed by atoms with Crippen LogP contribution in [-0.4, -0.2) is 36.4 Å². The van der Waals surface area contributed by atoms with E-state index in [0.29, 0.717) is 11.3 Å². The molecule has 5 nitrogen and oxygen atoms in total. The monoisotopic (exact) mass is 252 g/mol. The summed E-state index contributed by atoms with van der Waals surface area (Å²) in [5.74, 6) is -0.978. The van der Waals surface area contributed by atoms with Crippen molar-refractivity contribution >= 4 is 35.0 Å². The molecule has 0 fully saturated rings. The van der Waals surface area contributed by atoms with E-state index in [4.69, 9.17) is 11.6 Å². The second kappa shape index (κ2) is 4.63. The Hall–Kier alpha value is -1.75. The highest BCUT2D eigenvalue weighted by molar-refractivity contribution is 6.33. The maximum atomic E-state index is 11.6. The smallest absolute Gasteiger partial charge is 0.337 e. The maximum absolute atomic E-state index is 11.6. The minimum absolute atomic E-state index is 0.0626. The van der Waals surface area contributed by atoms with Crippen molar-refractivity contribution in [3.05, 3.63) is 23.8 Å². The van der Waals surface area contributed by atoms with Gasteiger partial charge in [-0.1, -0.05) is 12.2 Å². The predicted molar refractivity (Wildman–Crippen MR) is 63.3 cm³/mol. The molecule has 2 rings (SSSR count). The quantitative estimate of drug-likeness (QED) is 0.541. The number of fused-ring (bicyclic) bond motifs is 1. The zero-order valence-corrected chi connectivity index (χ0v) is 9.77. The summed E-state index contributed by atoms with van der Waals surface area (Å²) < 4.78 is 4.59. The Morgan fingerprint density at radius 2 is 2.29 bits per heavy atom. The highest BCUT2D eigenvalue weighted by Crippen LogP contribution is 2.20. The SMILES string of the molecule is COC(=O)C1=CC2=NC(CCl)=NC(=O)C2C=C1. The first kappa shape index (κ1) is 11.7. The number of nitrogens with zero attached hydrogens (tertiary/aromatic N) is 2. The zero-order valence-electron chi connectivity index (χ0n) is 9.01. The van der Waals surface area contributed by atoms with Crippen LogP contribution in [0.25, 0.3) is 0 Å². The van der Waals surface area contributed by atoms with E-state index < -0.39 is 11.9 Å². The number of hydrogen-bond acceptors (Lipinski definition) is 4. The predicted octanol–water partition coefficient (Wildman–Crippen LogP) is 0.890. The zero-order chi connectivity index (χ0) is 12.4. The lowest BCUT2D eigenvalue weighted by Crippen LogP contribution is -2.29. The summed E-state index contributed by atoms with van der Waals surface area (Å²) in [5.41, 5.74) is 0.828. The van der Waals surface area contributed by atoms with Crippen molar-refractivity contribution in [1.82, 2.24) is 0 Å². The Morgan fingerprint density at radius 1 is 1.53 bits per heavy atom. The van der Waals surface area contributed by atoms with Crippen LogP contribution in [0.5, 0.6) is 0 Å². The number of halogens is 1. The summed E-state index contributed by atoms with van der Waals surface area (Å²) in [7, 11) is 1.29. The third kappa shape index (κ3) is 2.19. The molecule has 1 amide bonds. The number of rotatable bonds is 2. The molecule has 0 aromatic heterocycles. The fraction of sp³-hybridized carbons (Fsp3) is 0.273. The number of allylic oxidation sites excluding steroid dienone is 1. The summed E-state index contributed by atoms with van der Waals surface area (Å²) >= 11 is 5.58. The van der Waals surface area contributed by atoms with E-state index in [2.05, 4.69) is 14.7 Å². The van der Waals surface area contributed by atoms with Crippen LogP contribution < -0.4 is 0 Å². The number of aliphatic imine (C=N–C) groups is 2. The van der Waals surface area contributed by atoms with Gasteiger partial charge in [0.2, 0.25) is 0 Å². The van der Waals surface area contributed by atoms with Gasteiger partial charge >= 0.3 is 5.97 Å². The number of hydrogen-bond donors (Lipinski definition) is 0. The molecule has 2 aliphatic rings. The summed E-state index contributed by atoms with van der Waals surface area (Å²) in [6.07, 6.45) is 4.65. The van der Waals surface area contributed by atoms with Crippen molar-refractivity contribution in [2.45, 2.75) is 0 Å². The number of amidine groups is 1. The molecule has 0 saturated carbocycles. The molecule has 0 aromatic carbocycles. The van der Waals surface area contributed by atoms with Crippen molar-refractivity contribution in [2.75, 3.05) is 13.0 Å². The van der Waals surface area contributed by atoms with E-state index in [-0.39, 0.29) is 17.6 Å². The van der Waals surface area contributed by atoms with Crippen molar-refractivity contribution in [2.24, 2.45) is 15.9 Å². The van der Waals surface area contributed by atoms with Crippen molar-refractivity contribution in [3.8, 4) is 0 Å². The van der Waals surface area contributed by atoms with Crippen LogP contribution in [0.3, 0.4) is 0 Å². The summed E-state index contributed by atoms with van der Waals surface area (Å²) in [6, 6.07) is 0. The lowest BCUT2D eigenvalue weighted by Gasteiger charge is -2.18. The van der Waals surface area contributed by atoms with Gasteiger partial charge in [0.05, 0.1) is 24.3 Å². The van der Waals surface area contributed by atoms with Gasteiger partial charge in [0, 0.05) is 0 Å². The molecular formula is C11H9ClN2O3. The molecule has 0 N–H and O–H groups in total. The lowest BCUT2D eigenvalue weighted by atomic mass is 9.93. The maximum Gasteiger partial charge on any atom is 0.337 e. The third-order valence-electron chi connectivity index (χ3n) is 2.39. The molecule has 0 radical (unpaired) electrons. The van der Waals surface area contributed by atoms with E-state index >= 15 is 0 Å². The number of methoxy groups -OCH3 is 1. The van der Waals surface area contributed by atoms with Gasteiger partial charge in [0.15, 0.2) is 0 Å². The normalized spacial score (nSPS) is 22.4. The fourth-order valence-electron chi connectivity index (χ4n) is 1.58. The minimum Gasteiger partial charge on any atom is -0.465 e. The number of carbonyl (C=O) groups excluding carboxylic acids is 2. The van der Waals surface area contributed by atoms with Crippen LogP contribution in [0, 0.1) is 5.92 Å². The molecule has 88 valence electrons. The second-order valence-electron chi connectivity index (χ2n) is 3.46. The molecule has 1 heterocycles. The van der Waals surface area contributed by atoms with Gasteiger partial charge in [-0.2, -0.15) is 4.99 Å². The van der Waals surface area contributed by atoms with Crippen molar-refractivity contribution in [1.29, 1.82) is 0 Å². The van der Waals surface area contributed by atoms with E-state index in [1.54, 1.807) is 6.08 Å². The molecule has 0 bridgehead atoms. The van der Waals surface area contributed by atoms with Crippen LogP contribution in [0.2, 0.25) is 0 Å².